The quantitative estimate of drug-likeness (QED) is 0.0853. The third-order valence-corrected chi connectivity index (χ3v) is 8.67. The first kappa shape index (κ1) is 36.3. The van der Waals surface area contributed by atoms with Gasteiger partial charge in [-0.2, -0.15) is 56.7 Å². The van der Waals surface area contributed by atoms with E-state index >= 15 is 0 Å². The van der Waals surface area contributed by atoms with Crippen LogP contribution in [0.3, 0.4) is 0 Å². The first-order chi connectivity index (χ1) is 22.9. The number of fused-ring (bicyclic) bond motifs is 1. The predicted octanol–water partition coefficient (Wildman–Crippen LogP) is 9.34. The maximum absolute atomic E-state index is 14.7. The molecule has 0 atom stereocenters. The van der Waals surface area contributed by atoms with E-state index in [0.717, 1.165) is 31.2 Å². The molecule has 4 aromatic carbocycles. The molecule has 0 unspecified atom stereocenters. The van der Waals surface area contributed by atoms with Gasteiger partial charge in [0, 0.05) is 11.1 Å². The standard InChI is InChI=1S/C32H18F11NO5S/c1-15-6-3-4-7-18(15)20-8-5-9-23(25(20)30(35,36)37)44-27(45)22-13-12-21(26(24(22)28(44)46)49-50(47,48)32(41,42)43)19-11-10-17(14-16(19)2)29(33,34)31(38,39)40/h3-14H,1-2H3. The Morgan fingerprint density at radius 2 is 1.18 bits per heavy atom. The van der Waals surface area contributed by atoms with Gasteiger partial charge in [-0.3, -0.25) is 9.59 Å². The number of benzene rings is 4. The summed E-state index contributed by atoms with van der Waals surface area (Å²) in [5.41, 5.74) is -14.5. The molecule has 0 aromatic heterocycles. The Bertz CT molecular complexity index is 2170. The van der Waals surface area contributed by atoms with E-state index in [1.807, 2.05) is 0 Å². The monoisotopic (exact) mass is 737 g/mol. The van der Waals surface area contributed by atoms with E-state index in [2.05, 4.69) is 4.18 Å². The van der Waals surface area contributed by atoms with Crippen LogP contribution in [0, 0.1) is 13.8 Å². The lowest BCUT2D eigenvalue weighted by atomic mass is 9.93. The molecule has 2 amide bonds. The summed E-state index contributed by atoms with van der Waals surface area (Å²) in [6.07, 6.45) is -11.3. The number of nitrogens with zero attached hydrogens (tertiary/aromatic N) is 1. The summed E-state index contributed by atoms with van der Waals surface area (Å²) in [6, 6.07) is 11.1. The number of hydrogen-bond acceptors (Lipinski definition) is 5. The van der Waals surface area contributed by atoms with E-state index in [4.69, 9.17) is 0 Å². The molecule has 0 saturated heterocycles. The highest BCUT2D eigenvalue weighted by molar-refractivity contribution is 7.88. The Kier molecular flexibility index (Phi) is 8.57. The van der Waals surface area contributed by atoms with Gasteiger partial charge in [-0.15, -0.1) is 0 Å². The number of anilines is 1. The molecular weight excluding hydrogens is 719 g/mol. The normalized spacial score (nSPS) is 14.3. The minimum atomic E-state index is -6.70. The number of hydrogen-bond donors (Lipinski definition) is 0. The fourth-order valence-corrected chi connectivity index (χ4v) is 5.91. The highest BCUT2D eigenvalue weighted by Crippen LogP contribution is 2.49. The summed E-state index contributed by atoms with van der Waals surface area (Å²) >= 11 is 0. The maximum atomic E-state index is 14.7. The Morgan fingerprint density at radius 3 is 1.74 bits per heavy atom. The van der Waals surface area contributed by atoms with Gasteiger partial charge in [0.2, 0.25) is 0 Å². The smallest absolute Gasteiger partial charge is 0.374 e. The maximum Gasteiger partial charge on any atom is 0.534 e. The largest absolute Gasteiger partial charge is 0.534 e. The van der Waals surface area contributed by atoms with Gasteiger partial charge in [-0.1, -0.05) is 48.5 Å². The van der Waals surface area contributed by atoms with Crippen molar-refractivity contribution in [3.05, 3.63) is 106 Å². The molecule has 18 heteroatoms. The van der Waals surface area contributed by atoms with Gasteiger partial charge in [0.1, 0.15) is 0 Å². The number of rotatable bonds is 6. The van der Waals surface area contributed by atoms with Gasteiger partial charge >= 0.3 is 33.9 Å². The summed E-state index contributed by atoms with van der Waals surface area (Å²) in [5.74, 6) is -10.2. The predicted molar refractivity (Wildman–Crippen MR) is 155 cm³/mol. The van der Waals surface area contributed by atoms with E-state index in [1.54, 1.807) is 0 Å². The third-order valence-electron chi connectivity index (χ3n) is 7.72. The second-order valence-electron chi connectivity index (χ2n) is 10.9. The minimum absolute atomic E-state index is 0.0358. The molecule has 50 heavy (non-hydrogen) atoms. The highest BCUT2D eigenvalue weighted by atomic mass is 32.2. The van der Waals surface area contributed by atoms with Gasteiger partial charge in [0.15, 0.2) is 5.75 Å². The van der Waals surface area contributed by atoms with Crippen molar-refractivity contribution in [3.8, 4) is 28.0 Å². The van der Waals surface area contributed by atoms with Gasteiger partial charge in [-0.05, 0) is 65.9 Å². The van der Waals surface area contributed by atoms with E-state index in [0.29, 0.717) is 23.8 Å². The topological polar surface area (TPSA) is 80.8 Å². The van der Waals surface area contributed by atoms with Crippen molar-refractivity contribution in [1.29, 1.82) is 0 Å². The van der Waals surface area contributed by atoms with Crippen molar-refractivity contribution in [3.63, 3.8) is 0 Å². The molecule has 0 saturated carbocycles. The zero-order valence-corrected chi connectivity index (χ0v) is 25.8. The van der Waals surface area contributed by atoms with Crippen molar-refractivity contribution < 1.29 is 70.5 Å². The van der Waals surface area contributed by atoms with Crippen LogP contribution in [-0.4, -0.2) is 31.9 Å². The molecule has 0 aliphatic carbocycles. The molecule has 0 bridgehead atoms. The third kappa shape index (κ3) is 5.94. The van der Waals surface area contributed by atoms with Crippen molar-refractivity contribution in [2.45, 2.75) is 37.6 Å². The first-order valence-electron chi connectivity index (χ1n) is 13.8. The zero-order chi connectivity index (χ0) is 37.4. The number of amides is 2. The van der Waals surface area contributed by atoms with Gasteiger partial charge in [0.05, 0.1) is 22.4 Å². The van der Waals surface area contributed by atoms with Crippen LogP contribution in [0.15, 0.2) is 72.8 Å². The van der Waals surface area contributed by atoms with Crippen molar-refractivity contribution in [2.24, 2.45) is 0 Å². The van der Waals surface area contributed by atoms with Crippen LogP contribution in [0.2, 0.25) is 0 Å². The van der Waals surface area contributed by atoms with Crippen LogP contribution in [0.4, 0.5) is 54.0 Å². The lowest BCUT2D eigenvalue weighted by Gasteiger charge is -2.23. The molecule has 1 heterocycles. The molecule has 264 valence electrons. The number of carbonyl (C=O) groups excluding carboxylic acids is 2. The average molecular weight is 738 g/mol. The molecule has 1 aliphatic rings. The second kappa shape index (κ2) is 11.8. The Balaban J connectivity index is 1.76. The molecule has 0 N–H and O–H groups in total. The van der Waals surface area contributed by atoms with Crippen LogP contribution in [-0.2, 0) is 22.2 Å². The molecule has 5 rings (SSSR count). The zero-order valence-electron chi connectivity index (χ0n) is 25.0. The molecule has 1 aliphatic heterocycles. The molecule has 4 aromatic rings. The summed E-state index contributed by atoms with van der Waals surface area (Å²) in [6.45, 7) is 2.40. The lowest BCUT2D eigenvalue weighted by Crippen LogP contribution is -2.33. The van der Waals surface area contributed by atoms with Crippen molar-refractivity contribution in [2.75, 3.05) is 4.90 Å². The summed E-state index contributed by atoms with van der Waals surface area (Å²) in [4.78, 5) is 27.4. The summed E-state index contributed by atoms with van der Waals surface area (Å²) in [7, 11) is -6.70. The number of imide groups is 1. The Morgan fingerprint density at radius 1 is 0.620 bits per heavy atom. The average Bonchev–Trinajstić information content (AvgIpc) is 3.25. The van der Waals surface area contributed by atoms with E-state index < -0.39 is 102 Å². The van der Waals surface area contributed by atoms with E-state index in [9.17, 15) is 66.3 Å². The van der Waals surface area contributed by atoms with Crippen molar-refractivity contribution in [1.82, 2.24) is 0 Å². The number of alkyl halides is 11. The summed E-state index contributed by atoms with van der Waals surface area (Å²) in [5, 5.41) is 0. The molecule has 6 nitrogen and oxygen atoms in total. The van der Waals surface area contributed by atoms with E-state index in [1.165, 1.54) is 31.2 Å². The van der Waals surface area contributed by atoms with Crippen LogP contribution in [0.25, 0.3) is 22.3 Å². The van der Waals surface area contributed by atoms with Gasteiger partial charge in [0.25, 0.3) is 11.8 Å². The number of halogens is 11. The van der Waals surface area contributed by atoms with Gasteiger partial charge in [-0.25, -0.2) is 4.90 Å². The second-order valence-corrected chi connectivity index (χ2v) is 12.4. The Labute approximate surface area is 274 Å². The fourth-order valence-electron chi connectivity index (χ4n) is 5.42. The SMILES string of the molecule is Cc1cc(C(F)(F)C(F)(F)F)ccc1-c1ccc2c(c1OS(=O)(=O)C(F)(F)F)C(=O)N(c1cccc(-c3ccccc3C)c1C(F)(F)F)C2=O. The molecule has 0 radical (unpaired) electrons. The summed E-state index contributed by atoms with van der Waals surface area (Å²) < 4.78 is 181. The van der Waals surface area contributed by atoms with Gasteiger partial charge < -0.3 is 4.18 Å². The van der Waals surface area contributed by atoms with Crippen LogP contribution in [0.5, 0.6) is 5.75 Å². The van der Waals surface area contributed by atoms with Crippen LogP contribution < -0.4 is 9.08 Å². The van der Waals surface area contributed by atoms with Crippen LogP contribution >= 0.6 is 0 Å². The molecule has 0 spiro atoms. The van der Waals surface area contributed by atoms with E-state index in [-0.39, 0.29) is 16.5 Å². The number of aryl methyl sites for hydroxylation is 2. The first-order valence-corrected chi connectivity index (χ1v) is 15.2. The number of carbonyl (C=O) groups is 2. The molecular formula is C32H18F11NO5S. The highest BCUT2D eigenvalue weighted by Gasteiger charge is 2.59. The Hall–Kier alpha value is -5.00. The van der Waals surface area contributed by atoms with Crippen molar-refractivity contribution >= 4 is 27.6 Å². The molecule has 0 fully saturated rings. The van der Waals surface area contributed by atoms with Crippen LogP contribution in [0.1, 0.15) is 43.0 Å². The lowest BCUT2D eigenvalue weighted by molar-refractivity contribution is -0.289. The fraction of sp³-hybridized carbons (Fsp3) is 0.188. The minimum Gasteiger partial charge on any atom is -0.374 e.